The number of nitrogens with one attached hydrogen (secondary N) is 1. The first-order valence-electron chi connectivity index (χ1n) is 5.18. The van der Waals surface area contributed by atoms with Crippen molar-refractivity contribution in [1.29, 1.82) is 5.41 Å². The summed E-state index contributed by atoms with van der Waals surface area (Å²) in [6.45, 7) is 0. The van der Waals surface area contributed by atoms with Gasteiger partial charge in [0.2, 0.25) is 5.78 Å². The summed E-state index contributed by atoms with van der Waals surface area (Å²) in [4.78, 5) is 11.9. The van der Waals surface area contributed by atoms with E-state index in [4.69, 9.17) is 5.41 Å². The SMILES string of the molecule is Cn1cc2cc[n+](C)c3c2c1C(=O)C(=N)C3. The second-order valence-corrected chi connectivity index (χ2v) is 4.28. The highest BCUT2D eigenvalue weighted by Crippen LogP contribution is 2.27. The van der Waals surface area contributed by atoms with Crippen molar-refractivity contribution in [3.8, 4) is 0 Å². The third-order valence-corrected chi connectivity index (χ3v) is 3.24. The smallest absolute Gasteiger partial charge is 0.224 e. The van der Waals surface area contributed by atoms with Crippen LogP contribution in [0.25, 0.3) is 10.8 Å². The molecule has 2 aromatic heterocycles. The molecule has 2 aromatic rings. The Balaban J connectivity index is 2.55. The second-order valence-electron chi connectivity index (χ2n) is 4.28. The number of hydrogen-bond acceptors (Lipinski definition) is 2. The first kappa shape index (κ1) is 9.27. The molecule has 16 heavy (non-hydrogen) atoms. The number of pyridine rings is 1. The first-order chi connectivity index (χ1) is 7.59. The van der Waals surface area contributed by atoms with Gasteiger partial charge in [0.05, 0.1) is 17.5 Å². The molecule has 80 valence electrons. The molecule has 3 rings (SSSR count). The van der Waals surface area contributed by atoms with Crippen molar-refractivity contribution in [2.45, 2.75) is 6.42 Å². The Kier molecular flexibility index (Phi) is 1.61. The molecule has 0 spiro atoms. The van der Waals surface area contributed by atoms with E-state index in [2.05, 4.69) is 0 Å². The van der Waals surface area contributed by atoms with E-state index >= 15 is 0 Å². The fraction of sp³-hybridized carbons (Fsp3) is 0.250. The van der Waals surface area contributed by atoms with Crippen molar-refractivity contribution in [3.63, 3.8) is 0 Å². The summed E-state index contributed by atoms with van der Waals surface area (Å²) in [7, 11) is 3.81. The van der Waals surface area contributed by atoms with Gasteiger partial charge < -0.3 is 9.98 Å². The van der Waals surface area contributed by atoms with Gasteiger partial charge in [0.15, 0.2) is 11.9 Å². The van der Waals surface area contributed by atoms with Gasteiger partial charge in [-0.2, -0.15) is 0 Å². The summed E-state index contributed by atoms with van der Waals surface area (Å²) >= 11 is 0. The molecule has 0 saturated heterocycles. The molecule has 0 aliphatic heterocycles. The van der Waals surface area contributed by atoms with Crippen LogP contribution in [0.2, 0.25) is 0 Å². The van der Waals surface area contributed by atoms with Gasteiger partial charge >= 0.3 is 0 Å². The number of ketones is 1. The molecule has 2 heterocycles. The molecule has 0 saturated carbocycles. The molecule has 0 fully saturated rings. The molecule has 0 aromatic carbocycles. The Morgan fingerprint density at radius 3 is 3.00 bits per heavy atom. The van der Waals surface area contributed by atoms with E-state index < -0.39 is 0 Å². The van der Waals surface area contributed by atoms with Crippen LogP contribution in [-0.2, 0) is 20.5 Å². The molecule has 0 amide bonds. The maximum absolute atomic E-state index is 11.9. The van der Waals surface area contributed by atoms with E-state index in [-0.39, 0.29) is 11.5 Å². The zero-order valence-corrected chi connectivity index (χ0v) is 9.24. The Hall–Kier alpha value is -1.97. The van der Waals surface area contributed by atoms with Crippen molar-refractivity contribution in [2.24, 2.45) is 14.1 Å². The van der Waals surface area contributed by atoms with Crippen molar-refractivity contribution >= 4 is 22.3 Å². The molecule has 0 unspecified atom stereocenters. The van der Waals surface area contributed by atoms with E-state index in [0.717, 1.165) is 16.5 Å². The lowest BCUT2D eigenvalue weighted by molar-refractivity contribution is -0.677. The minimum atomic E-state index is -0.142. The van der Waals surface area contributed by atoms with Crippen molar-refractivity contribution in [3.05, 3.63) is 29.8 Å². The highest BCUT2D eigenvalue weighted by molar-refractivity contribution is 6.48. The van der Waals surface area contributed by atoms with Gasteiger partial charge in [-0.3, -0.25) is 4.79 Å². The number of rotatable bonds is 0. The van der Waals surface area contributed by atoms with E-state index in [9.17, 15) is 4.79 Å². The minimum Gasteiger partial charge on any atom is -0.347 e. The summed E-state index contributed by atoms with van der Waals surface area (Å²) in [5, 5.41) is 9.83. The van der Waals surface area contributed by atoms with Crippen LogP contribution in [-0.4, -0.2) is 16.1 Å². The molecule has 1 aliphatic rings. The number of nitrogens with zero attached hydrogens (tertiary/aromatic N) is 2. The Morgan fingerprint density at radius 1 is 1.50 bits per heavy atom. The molecule has 0 bridgehead atoms. The molecular formula is C12H12N3O+. The van der Waals surface area contributed by atoms with E-state index in [1.165, 1.54) is 0 Å². The Labute approximate surface area is 92.6 Å². The zero-order chi connectivity index (χ0) is 11.4. The number of aryl methyl sites for hydroxylation is 2. The lowest BCUT2D eigenvalue weighted by Gasteiger charge is -2.11. The third kappa shape index (κ3) is 0.961. The Morgan fingerprint density at radius 2 is 2.25 bits per heavy atom. The summed E-state index contributed by atoms with van der Waals surface area (Å²) in [5.41, 5.74) is 1.88. The van der Waals surface area contributed by atoms with Crippen LogP contribution in [0.4, 0.5) is 0 Å². The highest BCUT2D eigenvalue weighted by atomic mass is 16.1. The van der Waals surface area contributed by atoms with Crippen LogP contribution in [0, 0.1) is 5.41 Å². The molecule has 4 nitrogen and oxygen atoms in total. The van der Waals surface area contributed by atoms with Crippen molar-refractivity contribution < 1.29 is 9.36 Å². The van der Waals surface area contributed by atoms with Crippen LogP contribution < -0.4 is 4.57 Å². The lowest BCUT2D eigenvalue weighted by Crippen LogP contribution is -2.38. The number of carbonyl (C=O) groups excluding carboxylic acids is 1. The Bertz CT molecular complexity index is 652. The van der Waals surface area contributed by atoms with Crippen LogP contribution >= 0.6 is 0 Å². The van der Waals surface area contributed by atoms with Crippen LogP contribution in [0.5, 0.6) is 0 Å². The highest BCUT2D eigenvalue weighted by Gasteiger charge is 2.31. The van der Waals surface area contributed by atoms with Gasteiger partial charge in [0.1, 0.15) is 12.7 Å². The van der Waals surface area contributed by atoms with Gasteiger partial charge in [0.25, 0.3) is 0 Å². The normalized spacial score (nSPS) is 14.9. The van der Waals surface area contributed by atoms with Crippen LogP contribution in [0.3, 0.4) is 0 Å². The third-order valence-electron chi connectivity index (χ3n) is 3.24. The summed E-state index contributed by atoms with van der Waals surface area (Å²) in [6, 6.07) is 2.00. The maximum Gasteiger partial charge on any atom is 0.224 e. The van der Waals surface area contributed by atoms with Gasteiger partial charge in [-0.05, 0) is 0 Å². The predicted molar refractivity (Wildman–Crippen MR) is 59.9 cm³/mol. The average molecular weight is 214 g/mol. The molecular weight excluding hydrogens is 202 g/mol. The van der Waals surface area contributed by atoms with Gasteiger partial charge in [-0.25, -0.2) is 4.57 Å². The van der Waals surface area contributed by atoms with E-state index in [0.29, 0.717) is 12.1 Å². The fourth-order valence-corrected chi connectivity index (χ4v) is 2.42. The van der Waals surface area contributed by atoms with Crippen LogP contribution in [0.15, 0.2) is 18.5 Å². The van der Waals surface area contributed by atoms with Crippen LogP contribution in [0.1, 0.15) is 16.2 Å². The van der Waals surface area contributed by atoms with E-state index in [1.54, 1.807) is 0 Å². The van der Waals surface area contributed by atoms with Crippen molar-refractivity contribution in [1.82, 2.24) is 4.57 Å². The largest absolute Gasteiger partial charge is 0.347 e. The van der Waals surface area contributed by atoms with Crippen molar-refractivity contribution in [2.75, 3.05) is 0 Å². The monoisotopic (exact) mass is 214 g/mol. The van der Waals surface area contributed by atoms with Gasteiger partial charge in [-0.15, -0.1) is 0 Å². The minimum absolute atomic E-state index is 0.142. The molecule has 0 atom stereocenters. The number of hydrogen-bond donors (Lipinski definition) is 1. The van der Waals surface area contributed by atoms with Gasteiger partial charge in [0, 0.05) is 24.7 Å². The standard InChI is InChI=1S/C12H12N3O/c1-14-4-3-7-6-15(2)11-10(7)9(14)5-8(13)12(11)16/h3-4,6,13H,5H2,1-2H3/q+1. The van der Waals surface area contributed by atoms with Gasteiger partial charge in [-0.1, -0.05) is 0 Å². The molecule has 1 N–H and O–H groups in total. The maximum atomic E-state index is 11.9. The molecule has 1 aliphatic carbocycles. The summed E-state index contributed by atoms with van der Waals surface area (Å²) in [5.74, 6) is -0.142. The average Bonchev–Trinajstić information content (AvgIpc) is 2.57. The molecule has 4 heteroatoms. The fourth-order valence-electron chi connectivity index (χ4n) is 2.42. The summed E-state index contributed by atoms with van der Waals surface area (Å²) in [6.07, 6.45) is 4.36. The number of carbonyl (C=O) groups is 1. The summed E-state index contributed by atoms with van der Waals surface area (Å²) < 4.78 is 3.82. The zero-order valence-electron chi connectivity index (χ0n) is 9.24. The quantitative estimate of drug-likeness (QED) is 0.647. The second kappa shape index (κ2) is 2.78. The number of aromatic nitrogens is 2. The lowest BCUT2D eigenvalue weighted by atomic mass is 9.95. The molecule has 0 radical (unpaired) electrons. The topological polar surface area (TPSA) is 49.7 Å². The van der Waals surface area contributed by atoms with E-state index in [1.807, 2.05) is 41.7 Å². The predicted octanol–water partition coefficient (Wildman–Crippen LogP) is 0.761. The first-order valence-corrected chi connectivity index (χ1v) is 5.18. The number of Topliss-reactive ketones (excluding diaryl/α,β-unsaturated/α-hetero) is 1.